The lowest BCUT2D eigenvalue weighted by atomic mass is 10.1. The quantitative estimate of drug-likeness (QED) is 0.278. The van der Waals surface area contributed by atoms with Crippen LogP contribution in [-0.2, 0) is 6.54 Å². The van der Waals surface area contributed by atoms with Gasteiger partial charge in [-0.1, -0.05) is 37.8 Å². The molecule has 0 spiro atoms. The topological polar surface area (TPSA) is 91.9 Å². The van der Waals surface area contributed by atoms with Crippen LogP contribution in [0, 0.1) is 4.77 Å². The fraction of sp³-hybridized carbons (Fsp3) is 0.346. The molecule has 34 heavy (non-hydrogen) atoms. The Balaban J connectivity index is 1.38. The molecule has 4 aromatic rings. The number of aromatic nitrogens is 3. The van der Waals surface area contributed by atoms with Crippen LogP contribution in [-0.4, -0.2) is 33.6 Å². The molecule has 8 heteroatoms. The minimum absolute atomic E-state index is 0.0390. The van der Waals surface area contributed by atoms with Gasteiger partial charge in [0.05, 0.1) is 19.2 Å². The molecule has 2 heterocycles. The second-order valence-electron chi connectivity index (χ2n) is 8.97. The van der Waals surface area contributed by atoms with Gasteiger partial charge in [0.15, 0.2) is 4.77 Å². The van der Waals surface area contributed by atoms with Crippen molar-refractivity contribution in [3.8, 4) is 5.75 Å². The Hall–Kier alpha value is -3.39. The highest BCUT2D eigenvalue weighted by Gasteiger charge is 2.16. The first-order valence-electron chi connectivity index (χ1n) is 11.8. The Labute approximate surface area is 202 Å². The maximum Gasteiger partial charge on any atom is 0.278 e. The van der Waals surface area contributed by atoms with E-state index in [9.17, 15) is 9.59 Å². The van der Waals surface area contributed by atoms with E-state index in [1.807, 2.05) is 42.5 Å². The third kappa shape index (κ3) is 4.37. The minimum Gasteiger partial charge on any atom is -0.497 e. The highest BCUT2D eigenvalue weighted by molar-refractivity contribution is 7.71. The zero-order valence-corrected chi connectivity index (χ0v) is 20.0. The van der Waals surface area contributed by atoms with Gasteiger partial charge in [-0.15, -0.1) is 0 Å². The summed E-state index contributed by atoms with van der Waals surface area (Å²) in [6, 6.07) is 13.2. The molecule has 5 rings (SSSR count). The molecular weight excluding hydrogens is 448 g/mol. The largest absolute Gasteiger partial charge is 0.497 e. The second-order valence-corrected chi connectivity index (χ2v) is 9.35. The summed E-state index contributed by atoms with van der Waals surface area (Å²) in [6.07, 6.45) is 6.95. The van der Waals surface area contributed by atoms with E-state index in [4.69, 9.17) is 17.0 Å². The van der Waals surface area contributed by atoms with Gasteiger partial charge in [-0.2, -0.15) is 0 Å². The molecular formula is C26H28N4O3S. The smallest absolute Gasteiger partial charge is 0.278 e. The molecule has 0 unspecified atom stereocenters. The number of fused-ring (bicyclic) bond motifs is 3. The number of ether oxygens (including phenoxy) is 1. The molecule has 0 radical (unpaired) electrons. The van der Waals surface area contributed by atoms with Crippen LogP contribution >= 0.6 is 12.2 Å². The number of nitrogens with zero attached hydrogens (tertiary/aromatic N) is 1. The first-order valence-corrected chi connectivity index (χ1v) is 12.2. The van der Waals surface area contributed by atoms with E-state index in [-0.39, 0.29) is 17.5 Å². The first-order chi connectivity index (χ1) is 16.5. The van der Waals surface area contributed by atoms with Gasteiger partial charge < -0.3 is 20.0 Å². The Bertz CT molecular complexity index is 1460. The van der Waals surface area contributed by atoms with Crippen LogP contribution in [0.1, 0.15) is 54.4 Å². The monoisotopic (exact) mass is 476 g/mol. The Kier molecular flexibility index (Phi) is 6.24. The van der Waals surface area contributed by atoms with Crippen molar-refractivity contribution < 1.29 is 9.53 Å². The van der Waals surface area contributed by atoms with E-state index in [0.29, 0.717) is 33.7 Å². The number of nitrogens with one attached hydrogen (secondary N) is 3. The zero-order chi connectivity index (χ0) is 23.7. The molecule has 176 valence electrons. The number of carbonyl (C=O) groups excluding carboxylic acids is 1. The molecule has 3 N–H and O–H groups in total. The lowest BCUT2D eigenvalue weighted by molar-refractivity contribution is 0.0933. The van der Waals surface area contributed by atoms with Gasteiger partial charge >= 0.3 is 0 Å². The predicted molar refractivity (Wildman–Crippen MR) is 136 cm³/mol. The Morgan fingerprint density at radius 1 is 1.06 bits per heavy atom. The van der Waals surface area contributed by atoms with E-state index in [1.54, 1.807) is 7.11 Å². The fourth-order valence-corrected chi connectivity index (χ4v) is 5.02. The normalized spacial score (nSPS) is 14.9. The molecule has 1 fully saturated rings. The molecule has 1 amide bonds. The number of benzene rings is 2. The van der Waals surface area contributed by atoms with E-state index in [2.05, 4.69) is 15.3 Å². The molecule has 1 saturated carbocycles. The molecule has 2 aromatic carbocycles. The van der Waals surface area contributed by atoms with Crippen LogP contribution in [0.2, 0.25) is 0 Å². The summed E-state index contributed by atoms with van der Waals surface area (Å²) in [5, 5.41) is 4.03. The molecule has 0 bridgehead atoms. The van der Waals surface area contributed by atoms with Crippen LogP contribution in [0.3, 0.4) is 0 Å². The maximum absolute atomic E-state index is 13.3. The van der Waals surface area contributed by atoms with Crippen LogP contribution < -0.4 is 15.6 Å². The number of amides is 1. The molecule has 7 nitrogen and oxygen atoms in total. The Morgan fingerprint density at radius 3 is 2.50 bits per heavy atom. The van der Waals surface area contributed by atoms with E-state index < -0.39 is 0 Å². The standard InChI is InChI=1S/C26H28N4O3S/c1-33-19-12-13-21-20(14-19)22-23(28-21)25(32)30(26(34)29-22)15-16-8-10-17(11-9-16)24(31)27-18-6-4-2-3-5-7-18/h8-14,18,28H,2-7,15H2,1H3,(H,27,31)(H,29,34). The van der Waals surface area contributed by atoms with Gasteiger partial charge in [-0.05, 0) is 61.0 Å². The van der Waals surface area contributed by atoms with Gasteiger partial charge in [0, 0.05) is 22.5 Å². The van der Waals surface area contributed by atoms with Crippen LogP contribution in [0.5, 0.6) is 5.75 Å². The van der Waals surface area contributed by atoms with E-state index >= 15 is 0 Å². The summed E-state index contributed by atoms with van der Waals surface area (Å²) in [5.41, 5.74) is 3.31. The zero-order valence-electron chi connectivity index (χ0n) is 19.1. The van der Waals surface area contributed by atoms with Gasteiger partial charge in [0.1, 0.15) is 11.3 Å². The van der Waals surface area contributed by atoms with Crippen LogP contribution in [0.25, 0.3) is 21.9 Å². The number of H-pyrrole nitrogens is 2. The van der Waals surface area contributed by atoms with Crippen molar-refractivity contribution in [2.45, 2.75) is 51.1 Å². The van der Waals surface area contributed by atoms with Gasteiger partial charge in [-0.3, -0.25) is 14.2 Å². The number of methoxy groups -OCH3 is 1. The van der Waals surface area contributed by atoms with Crippen molar-refractivity contribution in [3.05, 3.63) is 68.7 Å². The molecule has 0 atom stereocenters. The van der Waals surface area contributed by atoms with Crippen LogP contribution in [0.4, 0.5) is 0 Å². The summed E-state index contributed by atoms with van der Waals surface area (Å²) in [4.78, 5) is 32.3. The third-order valence-electron chi connectivity index (χ3n) is 6.69. The van der Waals surface area contributed by atoms with E-state index in [0.717, 1.165) is 29.3 Å². The van der Waals surface area contributed by atoms with E-state index in [1.165, 1.54) is 30.3 Å². The number of aromatic amines is 2. The second kappa shape index (κ2) is 9.46. The average Bonchev–Trinajstić information content (AvgIpc) is 3.01. The average molecular weight is 477 g/mol. The van der Waals surface area contributed by atoms with Crippen LogP contribution in [0.15, 0.2) is 47.3 Å². The number of carbonyl (C=O) groups is 1. The summed E-state index contributed by atoms with van der Waals surface area (Å²) < 4.78 is 7.19. The Morgan fingerprint density at radius 2 is 1.79 bits per heavy atom. The molecule has 2 aromatic heterocycles. The van der Waals surface area contributed by atoms with Gasteiger partial charge in [0.2, 0.25) is 0 Å². The first kappa shape index (κ1) is 22.4. The highest BCUT2D eigenvalue weighted by atomic mass is 32.1. The van der Waals surface area contributed by atoms with Crippen molar-refractivity contribution in [2.75, 3.05) is 7.11 Å². The molecule has 1 aliphatic rings. The third-order valence-corrected chi connectivity index (χ3v) is 7.01. The van der Waals surface area contributed by atoms with Crippen molar-refractivity contribution in [3.63, 3.8) is 0 Å². The minimum atomic E-state index is -0.191. The van der Waals surface area contributed by atoms with Crippen molar-refractivity contribution >= 4 is 40.1 Å². The molecule has 0 aliphatic heterocycles. The highest BCUT2D eigenvalue weighted by Crippen LogP contribution is 2.26. The SMILES string of the molecule is COc1ccc2[nH]c3c(=O)n(Cc4ccc(C(=O)NC5CCCCCC5)cc4)c(=S)[nH]c3c2c1. The fourth-order valence-electron chi connectivity index (χ4n) is 4.77. The number of rotatable bonds is 5. The van der Waals surface area contributed by atoms with Crippen molar-refractivity contribution in [2.24, 2.45) is 0 Å². The van der Waals surface area contributed by atoms with Crippen molar-refractivity contribution in [1.82, 2.24) is 19.9 Å². The number of hydrogen-bond donors (Lipinski definition) is 3. The van der Waals surface area contributed by atoms with Gasteiger partial charge in [0.25, 0.3) is 11.5 Å². The van der Waals surface area contributed by atoms with Crippen molar-refractivity contribution in [1.29, 1.82) is 0 Å². The summed E-state index contributed by atoms with van der Waals surface area (Å²) in [5.74, 6) is 0.669. The predicted octanol–water partition coefficient (Wildman–Crippen LogP) is 5.05. The molecule has 0 saturated heterocycles. The lowest BCUT2D eigenvalue weighted by Crippen LogP contribution is -2.34. The molecule has 1 aliphatic carbocycles. The summed E-state index contributed by atoms with van der Waals surface area (Å²) >= 11 is 5.52. The lowest BCUT2D eigenvalue weighted by Gasteiger charge is -2.16. The maximum atomic E-state index is 13.3. The van der Waals surface area contributed by atoms with Gasteiger partial charge in [-0.25, -0.2) is 0 Å². The summed E-state index contributed by atoms with van der Waals surface area (Å²) in [6.45, 7) is 0.313. The number of hydrogen-bond acceptors (Lipinski definition) is 4. The summed E-state index contributed by atoms with van der Waals surface area (Å²) in [7, 11) is 1.61.